The zero-order chi connectivity index (χ0) is 14.0. The second kappa shape index (κ2) is 5.23. The molecule has 8 heteroatoms. The molecule has 0 aliphatic heterocycles. The number of nitrogen functional groups attached to an aromatic ring is 1. The Balaban J connectivity index is 2.21. The number of halogens is 1. The number of aromatic amines is 1. The number of carbonyl (C=O) groups is 1. The van der Waals surface area contributed by atoms with Gasteiger partial charge in [0.05, 0.1) is 11.4 Å². The lowest BCUT2D eigenvalue weighted by atomic mass is 10.1. The van der Waals surface area contributed by atoms with Crippen molar-refractivity contribution >= 4 is 29.1 Å². The maximum Gasteiger partial charge on any atom is 0.280 e. The second-order valence-corrected chi connectivity index (χ2v) is 4.60. The first kappa shape index (κ1) is 13.3. The fourth-order valence-corrected chi connectivity index (χ4v) is 1.67. The summed E-state index contributed by atoms with van der Waals surface area (Å²) in [5.74, 6) is -0.231. The van der Waals surface area contributed by atoms with Gasteiger partial charge in [0.15, 0.2) is 5.69 Å². The Morgan fingerprint density at radius 2 is 2.26 bits per heavy atom. The minimum absolute atomic E-state index is 0.103. The molecule has 2 heterocycles. The Labute approximate surface area is 114 Å². The maximum absolute atomic E-state index is 12.0. The molecule has 0 atom stereocenters. The number of rotatable bonds is 3. The highest BCUT2D eigenvalue weighted by Gasteiger charge is 2.19. The molecule has 19 heavy (non-hydrogen) atoms. The van der Waals surface area contributed by atoms with E-state index < -0.39 is 5.91 Å². The highest BCUT2D eigenvalue weighted by Crippen LogP contribution is 2.22. The van der Waals surface area contributed by atoms with Crippen LogP contribution in [-0.2, 0) is 0 Å². The minimum atomic E-state index is -0.483. The van der Waals surface area contributed by atoms with E-state index in [2.05, 4.69) is 25.5 Å². The summed E-state index contributed by atoms with van der Waals surface area (Å²) in [6.45, 7) is 3.90. The summed E-state index contributed by atoms with van der Waals surface area (Å²) in [7, 11) is 0. The molecule has 2 aromatic rings. The molecular weight excluding hydrogens is 268 g/mol. The fraction of sp³-hybridized carbons (Fsp3) is 0.273. The van der Waals surface area contributed by atoms with E-state index in [0.29, 0.717) is 5.69 Å². The van der Waals surface area contributed by atoms with E-state index in [1.165, 1.54) is 12.3 Å². The molecule has 0 saturated carbocycles. The third-order valence-electron chi connectivity index (χ3n) is 2.47. The molecule has 0 radical (unpaired) electrons. The summed E-state index contributed by atoms with van der Waals surface area (Å²) >= 11 is 5.70. The van der Waals surface area contributed by atoms with E-state index in [4.69, 9.17) is 17.3 Å². The largest absolute Gasteiger partial charge is 0.395 e. The van der Waals surface area contributed by atoms with Gasteiger partial charge >= 0.3 is 0 Å². The Bertz CT molecular complexity index is 609. The first-order valence-corrected chi connectivity index (χ1v) is 6.00. The summed E-state index contributed by atoms with van der Waals surface area (Å²) in [5.41, 5.74) is 7.03. The van der Waals surface area contributed by atoms with Crippen LogP contribution in [0.1, 0.15) is 35.9 Å². The molecule has 7 nitrogen and oxygen atoms in total. The van der Waals surface area contributed by atoms with Crippen LogP contribution < -0.4 is 11.1 Å². The lowest BCUT2D eigenvalue weighted by Crippen LogP contribution is -2.16. The molecule has 100 valence electrons. The van der Waals surface area contributed by atoms with Gasteiger partial charge in [-0.3, -0.25) is 15.2 Å². The normalized spacial score (nSPS) is 10.7. The van der Waals surface area contributed by atoms with E-state index in [9.17, 15) is 4.79 Å². The number of nitrogens with one attached hydrogen (secondary N) is 2. The Morgan fingerprint density at radius 1 is 1.53 bits per heavy atom. The van der Waals surface area contributed by atoms with Crippen LogP contribution >= 0.6 is 11.6 Å². The van der Waals surface area contributed by atoms with Crippen LogP contribution in [0, 0.1) is 0 Å². The van der Waals surface area contributed by atoms with Crippen molar-refractivity contribution in [1.82, 2.24) is 20.2 Å². The topological polar surface area (TPSA) is 110 Å². The van der Waals surface area contributed by atoms with Gasteiger partial charge in [0.2, 0.25) is 5.95 Å². The average molecular weight is 281 g/mol. The first-order valence-electron chi connectivity index (χ1n) is 5.62. The third kappa shape index (κ3) is 2.82. The van der Waals surface area contributed by atoms with Crippen LogP contribution in [0.15, 0.2) is 12.3 Å². The molecule has 1 amide bonds. The van der Waals surface area contributed by atoms with Crippen molar-refractivity contribution in [2.45, 2.75) is 19.8 Å². The Hall–Kier alpha value is -2.15. The molecule has 4 N–H and O–H groups in total. The number of nitrogens with zero attached hydrogens (tertiary/aromatic N) is 3. The van der Waals surface area contributed by atoms with Crippen molar-refractivity contribution in [2.24, 2.45) is 0 Å². The number of carbonyl (C=O) groups excluding carboxylic acids is 1. The predicted molar refractivity (Wildman–Crippen MR) is 72.1 cm³/mol. The summed E-state index contributed by atoms with van der Waals surface area (Å²) in [6, 6.07) is 1.51. The van der Waals surface area contributed by atoms with Gasteiger partial charge in [-0.25, -0.2) is 9.97 Å². The maximum atomic E-state index is 12.0. The molecule has 2 aromatic heterocycles. The number of amides is 1. The number of nitrogens with two attached hydrogens (primary N) is 1. The average Bonchev–Trinajstić information content (AvgIpc) is 2.71. The van der Waals surface area contributed by atoms with Crippen molar-refractivity contribution in [2.75, 3.05) is 11.1 Å². The highest BCUT2D eigenvalue weighted by molar-refractivity contribution is 6.29. The minimum Gasteiger partial charge on any atom is -0.395 e. The first-order chi connectivity index (χ1) is 8.99. The molecule has 0 unspecified atom stereocenters. The number of H-pyrrole nitrogens is 1. The van der Waals surface area contributed by atoms with Crippen LogP contribution in [0.3, 0.4) is 0 Å². The fourth-order valence-electron chi connectivity index (χ4n) is 1.53. The van der Waals surface area contributed by atoms with Crippen molar-refractivity contribution in [3.63, 3.8) is 0 Å². The lowest BCUT2D eigenvalue weighted by molar-refractivity contribution is 0.102. The van der Waals surface area contributed by atoms with Gasteiger partial charge in [0.1, 0.15) is 5.15 Å². The van der Waals surface area contributed by atoms with E-state index in [1.807, 2.05) is 13.8 Å². The van der Waals surface area contributed by atoms with Crippen LogP contribution in [-0.4, -0.2) is 26.1 Å². The number of hydrogen-bond donors (Lipinski definition) is 3. The van der Waals surface area contributed by atoms with Gasteiger partial charge in [0, 0.05) is 6.20 Å². The van der Waals surface area contributed by atoms with Crippen molar-refractivity contribution in [1.29, 1.82) is 0 Å². The summed E-state index contributed by atoms with van der Waals surface area (Å²) < 4.78 is 0. The Kier molecular flexibility index (Phi) is 3.66. The molecule has 2 rings (SSSR count). The summed E-state index contributed by atoms with van der Waals surface area (Å²) in [6.07, 6.45) is 1.44. The predicted octanol–water partition coefficient (Wildman–Crippen LogP) is 1.81. The van der Waals surface area contributed by atoms with E-state index in [0.717, 1.165) is 5.69 Å². The van der Waals surface area contributed by atoms with Crippen LogP contribution in [0.25, 0.3) is 0 Å². The van der Waals surface area contributed by atoms with Crippen molar-refractivity contribution in [3.8, 4) is 0 Å². The number of hydrogen-bond acceptors (Lipinski definition) is 5. The number of aromatic nitrogens is 4. The van der Waals surface area contributed by atoms with Crippen molar-refractivity contribution < 1.29 is 4.79 Å². The summed E-state index contributed by atoms with van der Waals surface area (Å²) in [4.78, 5) is 19.7. The molecule has 0 fully saturated rings. The Morgan fingerprint density at radius 3 is 2.84 bits per heavy atom. The van der Waals surface area contributed by atoms with Crippen LogP contribution in [0.4, 0.5) is 11.6 Å². The zero-order valence-electron chi connectivity index (χ0n) is 10.4. The third-order valence-corrected chi connectivity index (χ3v) is 2.68. The smallest absolute Gasteiger partial charge is 0.280 e. The van der Waals surface area contributed by atoms with Gasteiger partial charge < -0.3 is 5.73 Å². The monoisotopic (exact) mass is 280 g/mol. The molecule has 0 bridgehead atoms. The van der Waals surface area contributed by atoms with Gasteiger partial charge in [-0.1, -0.05) is 25.4 Å². The molecular formula is C11H13ClN6O. The summed E-state index contributed by atoms with van der Waals surface area (Å²) in [5, 5.41) is 9.38. The molecule has 0 spiro atoms. The standard InChI is InChI=1S/C11H13ClN6O/c1-5(2)8-7(13)9(18-17-8)10(19)16-11-14-4-3-6(12)15-11/h3-5H,13H2,1-2H3,(H,17,18)(H,14,15,16,19). The van der Waals surface area contributed by atoms with Gasteiger partial charge in [-0.2, -0.15) is 5.10 Å². The number of anilines is 2. The van der Waals surface area contributed by atoms with Crippen LogP contribution in [0.2, 0.25) is 5.15 Å². The quantitative estimate of drug-likeness (QED) is 0.743. The zero-order valence-corrected chi connectivity index (χ0v) is 11.2. The van der Waals surface area contributed by atoms with Gasteiger partial charge in [0.25, 0.3) is 5.91 Å². The lowest BCUT2D eigenvalue weighted by Gasteiger charge is -2.03. The van der Waals surface area contributed by atoms with Crippen molar-refractivity contribution in [3.05, 3.63) is 28.8 Å². The molecule has 0 aliphatic rings. The molecule has 0 saturated heterocycles. The molecule has 0 aliphatic carbocycles. The highest BCUT2D eigenvalue weighted by atomic mass is 35.5. The van der Waals surface area contributed by atoms with Gasteiger partial charge in [-0.05, 0) is 12.0 Å². The SMILES string of the molecule is CC(C)c1[nH]nc(C(=O)Nc2nccc(Cl)n2)c1N. The second-order valence-electron chi connectivity index (χ2n) is 4.21. The van der Waals surface area contributed by atoms with E-state index in [1.54, 1.807) is 0 Å². The van der Waals surface area contributed by atoms with E-state index in [-0.39, 0.29) is 22.7 Å². The van der Waals surface area contributed by atoms with Crippen LogP contribution in [0.5, 0.6) is 0 Å². The van der Waals surface area contributed by atoms with E-state index >= 15 is 0 Å². The van der Waals surface area contributed by atoms with Gasteiger partial charge in [-0.15, -0.1) is 0 Å². The molecule has 0 aromatic carbocycles.